The lowest BCUT2D eigenvalue weighted by Crippen LogP contribution is -2.22. The molecular weight excluding hydrogens is 297 g/mol. The fourth-order valence-corrected chi connectivity index (χ4v) is 2.18. The number of nitrogens with one attached hydrogen (secondary N) is 1. The van der Waals surface area contributed by atoms with E-state index in [-0.39, 0.29) is 11.1 Å². The van der Waals surface area contributed by atoms with E-state index in [2.05, 4.69) is 10.3 Å². The number of anilines is 2. The molecule has 6 heteroatoms. The van der Waals surface area contributed by atoms with Gasteiger partial charge in [-0.05, 0) is 29.8 Å². The van der Waals surface area contributed by atoms with E-state index < -0.39 is 11.6 Å². The second kappa shape index (κ2) is 5.92. The molecule has 0 saturated heterocycles. The van der Waals surface area contributed by atoms with Crippen molar-refractivity contribution in [2.45, 2.75) is 0 Å². The van der Waals surface area contributed by atoms with Gasteiger partial charge in [0.2, 0.25) is 5.95 Å². The largest absolute Gasteiger partial charge is 0.505 e. The van der Waals surface area contributed by atoms with E-state index in [1.54, 1.807) is 7.05 Å². The van der Waals surface area contributed by atoms with Crippen molar-refractivity contribution in [3.8, 4) is 16.9 Å². The number of nitrogens with zero attached hydrogens (tertiary/aromatic N) is 2. The van der Waals surface area contributed by atoms with Gasteiger partial charge in [-0.3, -0.25) is 9.36 Å². The molecule has 3 aromatic rings. The first-order valence-corrected chi connectivity index (χ1v) is 6.93. The fourth-order valence-electron chi connectivity index (χ4n) is 2.18. The Morgan fingerprint density at radius 2 is 1.91 bits per heavy atom. The normalized spacial score (nSPS) is 10.5. The van der Waals surface area contributed by atoms with Crippen molar-refractivity contribution in [3.63, 3.8) is 0 Å². The molecule has 0 aliphatic carbocycles. The van der Waals surface area contributed by atoms with Crippen LogP contribution >= 0.6 is 0 Å². The number of benzene rings is 2. The molecule has 5 nitrogen and oxygen atoms in total. The average Bonchev–Trinajstić information content (AvgIpc) is 2.56. The van der Waals surface area contributed by atoms with Crippen molar-refractivity contribution in [3.05, 3.63) is 70.9 Å². The molecule has 2 N–H and O–H groups in total. The summed E-state index contributed by atoms with van der Waals surface area (Å²) in [7, 11) is 1.58. The molecular formula is C17H14FN3O2. The highest BCUT2D eigenvalue weighted by atomic mass is 19.1. The van der Waals surface area contributed by atoms with Gasteiger partial charge in [0.05, 0.1) is 5.56 Å². The number of para-hydroxylation sites is 1. The highest BCUT2D eigenvalue weighted by Crippen LogP contribution is 2.23. The quantitative estimate of drug-likeness (QED) is 0.780. The van der Waals surface area contributed by atoms with Gasteiger partial charge in [-0.1, -0.05) is 24.3 Å². The van der Waals surface area contributed by atoms with E-state index in [1.165, 1.54) is 22.9 Å². The lowest BCUT2D eigenvalue weighted by molar-refractivity contribution is 0.432. The number of aromatic nitrogens is 2. The van der Waals surface area contributed by atoms with Crippen LogP contribution in [-0.2, 0) is 7.05 Å². The van der Waals surface area contributed by atoms with E-state index in [0.29, 0.717) is 11.5 Å². The van der Waals surface area contributed by atoms with Crippen LogP contribution in [0.2, 0.25) is 0 Å². The third-order valence-corrected chi connectivity index (χ3v) is 3.46. The summed E-state index contributed by atoms with van der Waals surface area (Å²) in [5, 5.41) is 12.3. The minimum Gasteiger partial charge on any atom is -0.505 e. The maximum atomic E-state index is 13.5. The Morgan fingerprint density at radius 3 is 2.61 bits per heavy atom. The van der Waals surface area contributed by atoms with Crippen LogP contribution in [0, 0.1) is 5.82 Å². The highest BCUT2D eigenvalue weighted by Gasteiger charge is 2.11. The predicted octanol–water partition coefficient (Wildman–Crippen LogP) is 3.04. The second-order valence-corrected chi connectivity index (χ2v) is 5.02. The molecule has 0 unspecified atom stereocenters. The van der Waals surface area contributed by atoms with Crippen molar-refractivity contribution < 1.29 is 9.50 Å². The van der Waals surface area contributed by atoms with Gasteiger partial charge in [0, 0.05) is 18.9 Å². The average molecular weight is 311 g/mol. The molecule has 116 valence electrons. The van der Waals surface area contributed by atoms with E-state index in [1.807, 2.05) is 30.3 Å². The van der Waals surface area contributed by atoms with Gasteiger partial charge in [-0.15, -0.1) is 0 Å². The Balaban J connectivity index is 2.00. The molecule has 0 radical (unpaired) electrons. The summed E-state index contributed by atoms with van der Waals surface area (Å²) in [4.78, 5) is 16.7. The van der Waals surface area contributed by atoms with Crippen LogP contribution in [0.4, 0.5) is 16.0 Å². The summed E-state index contributed by atoms with van der Waals surface area (Å²) in [6.07, 6.45) is 1.39. The maximum absolute atomic E-state index is 13.5. The van der Waals surface area contributed by atoms with E-state index in [9.17, 15) is 14.3 Å². The zero-order valence-electron chi connectivity index (χ0n) is 12.3. The number of hydrogen-bond donors (Lipinski definition) is 2. The fraction of sp³-hybridized carbons (Fsp3) is 0.0588. The minimum atomic E-state index is -0.781. The predicted molar refractivity (Wildman–Crippen MR) is 86.3 cm³/mol. The number of phenolic OH excluding ortho intramolecular Hbond substituents is 1. The van der Waals surface area contributed by atoms with Gasteiger partial charge >= 0.3 is 0 Å². The third kappa shape index (κ3) is 2.91. The number of rotatable bonds is 3. The summed E-state index contributed by atoms with van der Waals surface area (Å²) in [5.41, 5.74) is 1.10. The van der Waals surface area contributed by atoms with Crippen LogP contribution < -0.4 is 10.9 Å². The lowest BCUT2D eigenvalue weighted by Gasteiger charge is -2.11. The van der Waals surface area contributed by atoms with Crippen molar-refractivity contribution in [2.75, 3.05) is 5.32 Å². The Bertz CT molecular complexity index is 907. The van der Waals surface area contributed by atoms with Crippen molar-refractivity contribution in [1.82, 2.24) is 9.55 Å². The first kappa shape index (κ1) is 14.8. The van der Waals surface area contributed by atoms with Gasteiger partial charge < -0.3 is 10.4 Å². The summed E-state index contributed by atoms with van der Waals surface area (Å²) < 4.78 is 14.8. The number of halogens is 1. The molecule has 0 fully saturated rings. The molecule has 0 amide bonds. The minimum absolute atomic E-state index is 0.255. The lowest BCUT2D eigenvalue weighted by atomic mass is 10.1. The number of phenols is 1. The summed E-state index contributed by atoms with van der Waals surface area (Å²) >= 11 is 0. The molecule has 0 bridgehead atoms. The molecule has 2 aromatic carbocycles. The highest BCUT2D eigenvalue weighted by molar-refractivity contribution is 5.64. The Labute approximate surface area is 131 Å². The first-order valence-electron chi connectivity index (χ1n) is 6.93. The van der Waals surface area contributed by atoms with Crippen LogP contribution in [0.15, 0.2) is 59.5 Å². The molecule has 1 heterocycles. The van der Waals surface area contributed by atoms with Gasteiger partial charge in [-0.2, -0.15) is 0 Å². The van der Waals surface area contributed by atoms with Crippen LogP contribution in [0.25, 0.3) is 11.1 Å². The number of hydrogen-bond acceptors (Lipinski definition) is 4. The van der Waals surface area contributed by atoms with Crippen LogP contribution in [0.1, 0.15) is 0 Å². The van der Waals surface area contributed by atoms with Gasteiger partial charge in [0.15, 0.2) is 11.6 Å². The molecule has 0 aliphatic heterocycles. The molecule has 0 saturated carbocycles. The van der Waals surface area contributed by atoms with E-state index >= 15 is 0 Å². The molecule has 0 atom stereocenters. The SMILES string of the molecule is Cn1c(Nc2ccccc2)ncc(-c2ccc(O)c(F)c2)c1=O. The molecule has 3 rings (SSSR count). The van der Waals surface area contributed by atoms with Crippen molar-refractivity contribution >= 4 is 11.6 Å². The Morgan fingerprint density at radius 1 is 1.17 bits per heavy atom. The van der Waals surface area contributed by atoms with Crippen LogP contribution in [0.3, 0.4) is 0 Å². The van der Waals surface area contributed by atoms with Gasteiger partial charge in [0.25, 0.3) is 5.56 Å². The molecule has 1 aromatic heterocycles. The Kier molecular flexibility index (Phi) is 3.80. The topological polar surface area (TPSA) is 67.2 Å². The standard InChI is InChI=1S/C17H14FN3O2/c1-21-16(23)13(11-7-8-15(22)14(18)9-11)10-19-17(21)20-12-5-3-2-4-6-12/h2-10,22H,1H3,(H,19,20). The summed E-state index contributed by atoms with van der Waals surface area (Å²) in [6.45, 7) is 0. The third-order valence-electron chi connectivity index (χ3n) is 3.46. The molecule has 23 heavy (non-hydrogen) atoms. The summed E-state index contributed by atoms with van der Waals surface area (Å²) in [6, 6.07) is 13.1. The molecule has 0 aliphatic rings. The zero-order chi connectivity index (χ0) is 16.4. The van der Waals surface area contributed by atoms with Crippen LogP contribution in [-0.4, -0.2) is 14.7 Å². The smallest absolute Gasteiger partial charge is 0.262 e. The van der Waals surface area contributed by atoms with Gasteiger partial charge in [0.1, 0.15) is 0 Å². The summed E-state index contributed by atoms with van der Waals surface area (Å²) in [5.74, 6) is -0.860. The zero-order valence-corrected chi connectivity index (χ0v) is 12.3. The molecule has 0 spiro atoms. The van der Waals surface area contributed by atoms with E-state index in [0.717, 1.165) is 11.8 Å². The first-order chi connectivity index (χ1) is 11.1. The second-order valence-electron chi connectivity index (χ2n) is 5.02. The van der Waals surface area contributed by atoms with E-state index in [4.69, 9.17) is 0 Å². The van der Waals surface area contributed by atoms with Gasteiger partial charge in [-0.25, -0.2) is 9.37 Å². The maximum Gasteiger partial charge on any atom is 0.262 e. The monoisotopic (exact) mass is 311 g/mol. The Hall–Kier alpha value is -3.15. The van der Waals surface area contributed by atoms with Crippen LogP contribution in [0.5, 0.6) is 5.75 Å². The van der Waals surface area contributed by atoms with Crippen molar-refractivity contribution in [1.29, 1.82) is 0 Å². The number of aromatic hydroxyl groups is 1. The van der Waals surface area contributed by atoms with Crippen molar-refractivity contribution in [2.24, 2.45) is 7.05 Å².